The van der Waals surface area contributed by atoms with Gasteiger partial charge in [-0.3, -0.25) is 28.8 Å². The highest BCUT2D eigenvalue weighted by Crippen LogP contribution is 2.18. The van der Waals surface area contributed by atoms with Crippen LogP contribution in [0.2, 0.25) is 0 Å². The van der Waals surface area contributed by atoms with Crippen LogP contribution in [0.4, 0.5) is 0 Å². The molecule has 0 radical (unpaired) electrons. The van der Waals surface area contributed by atoms with E-state index in [2.05, 4.69) is 14.2 Å². The number of carboxylic acid groups (broad SMARTS) is 1. The Morgan fingerprint density at radius 1 is 0.352 bits per heavy atom. The van der Waals surface area contributed by atoms with Crippen LogP contribution in [0.3, 0.4) is 0 Å². The second-order valence-corrected chi connectivity index (χ2v) is 20.2. The van der Waals surface area contributed by atoms with Crippen LogP contribution in [0, 0.1) is 0 Å². The zero-order chi connectivity index (χ0) is 65.8. The number of methoxy groups -OCH3 is 3. The minimum atomic E-state index is -1.71. The summed E-state index contributed by atoms with van der Waals surface area (Å²) in [5.74, 6) is -8.57. The van der Waals surface area contributed by atoms with Gasteiger partial charge < -0.3 is 43.2 Å². The van der Waals surface area contributed by atoms with Crippen LogP contribution in [0.25, 0.3) is 11.5 Å². The summed E-state index contributed by atoms with van der Waals surface area (Å²) in [5.41, 5.74) is 7.35. The number of aliphatic carboxylic acids is 1. The van der Waals surface area contributed by atoms with Gasteiger partial charge in [0.15, 0.2) is 5.78 Å². The van der Waals surface area contributed by atoms with E-state index in [1.54, 1.807) is 23.0 Å². The number of pyridine rings is 3. The SMILES string of the molecule is CC(=O)c1cc(Cc2ccccc2)cn(Cc2ccccc2)c1=O.COC(=O)C(=O)C=C(O)c1cc(Cc2ccccc2)cn(Cc2ccccc2)c1=O.COC(=O)C(=O)OC.O=C(O)C(=O)C=C(O)c1cc(Cc2ccccc2)cn(Cc2ccccc2)c1=O. The molecule has 19 heteroatoms. The molecule has 3 N–H and O–H groups in total. The molecule has 0 aliphatic rings. The number of nitrogens with zero attached hydrogens (tertiary/aromatic N) is 3. The molecular formula is C72H65N3O16. The number of carbonyl (C=O) groups is 7. The van der Waals surface area contributed by atoms with E-state index < -0.39 is 58.1 Å². The van der Waals surface area contributed by atoms with Crippen molar-refractivity contribution in [2.45, 2.75) is 45.8 Å². The zero-order valence-corrected chi connectivity index (χ0v) is 50.2. The van der Waals surface area contributed by atoms with Gasteiger partial charge in [-0.2, -0.15) is 0 Å². The van der Waals surface area contributed by atoms with Gasteiger partial charge in [0.1, 0.15) is 11.5 Å². The Kier molecular flexibility index (Phi) is 25.9. The quantitative estimate of drug-likeness (QED) is 0.0170. The number of carbonyl (C=O) groups excluding carboxylic acids is 6. The topological polar surface area (TPSA) is 274 Å². The normalized spacial score (nSPS) is 10.7. The lowest BCUT2D eigenvalue weighted by Crippen LogP contribution is -2.26. The van der Waals surface area contributed by atoms with Gasteiger partial charge >= 0.3 is 23.9 Å². The van der Waals surface area contributed by atoms with Gasteiger partial charge in [0.25, 0.3) is 28.2 Å². The molecule has 9 rings (SSSR count). The molecule has 3 aromatic heterocycles. The fraction of sp³-hybridized carbons (Fsp3) is 0.139. The van der Waals surface area contributed by atoms with E-state index in [1.165, 1.54) is 28.2 Å². The van der Waals surface area contributed by atoms with Crippen LogP contribution < -0.4 is 16.7 Å². The molecule has 0 saturated carbocycles. The molecule has 464 valence electrons. The van der Waals surface area contributed by atoms with Crippen LogP contribution in [-0.2, 0) is 81.9 Å². The molecule has 0 amide bonds. The maximum atomic E-state index is 13.0. The Labute approximate surface area is 523 Å². The number of aliphatic hydroxyl groups excluding tert-OH is 2. The Bertz CT molecular complexity index is 4220. The summed E-state index contributed by atoms with van der Waals surface area (Å²) in [4.78, 5) is 116. The summed E-state index contributed by atoms with van der Waals surface area (Å²) >= 11 is 0. The summed E-state index contributed by atoms with van der Waals surface area (Å²) in [6.45, 7) is 2.47. The number of carboxylic acids is 1. The molecule has 0 aliphatic heterocycles. The molecule has 0 bridgehead atoms. The molecule has 3 heterocycles. The third-order valence-corrected chi connectivity index (χ3v) is 13.4. The first-order valence-electron chi connectivity index (χ1n) is 28.1. The van der Waals surface area contributed by atoms with E-state index in [4.69, 9.17) is 5.11 Å². The monoisotopic (exact) mass is 1230 g/mol. The Morgan fingerprint density at radius 2 is 0.604 bits per heavy atom. The van der Waals surface area contributed by atoms with Gasteiger partial charge in [0.2, 0.25) is 0 Å². The first-order valence-corrected chi connectivity index (χ1v) is 28.1. The number of hydrogen-bond acceptors (Lipinski definition) is 15. The number of benzene rings is 6. The van der Waals surface area contributed by atoms with Gasteiger partial charge in [-0.05, 0) is 94.5 Å². The van der Waals surface area contributed by atoms with Crippen LogP contribution in [0.5, 0.6) is 0 Å². The molecule has 0 atom stereocenters. The van der Waals surface area contributed by atoms with Crippen LogP contribution in [0.15, 0.2) is 245 Å². The maximum Gasteiger partial charge on any atom is 0.417 e. The second kappa shape index (κ2) is 34.5. The van der Waals surface area contributed by atoms with Crippen molar-refractivity contribution >= 4 is 52.7 Å². The van der Waals surface area contributed by atoms with Crippen molar-refractivity contribution in [1.29, 1.82) is 0 Å². The summed E-state index contributed by atoms with van der Waals surface area (Å²) in [7, 11) is 3.29. The van der Waals surface area contributed by atoms with Crippen molar-refractivity contribution in [3.05, 3.63) is 329 Å². The van der Waals surface area contributed by atoms with Crippen LogP contribution >= 0.6 is 0 Å². The number of esters is 3. The van der Waals surface area contributed by atoms with Gasteiger partial charge in [0, 0.05) is 30.7 Å². The number of rotatable bonds is 19. The number of hydrogen-bond donors (Lipinski definition) is 3. The minimum absolute atomic E-state index is 0.0587. The third-order valence-electron chi connectivity index (χ3n) is 13.4. The van der Waals surface area contributed by atoms with Crippen molar-refractivity contribution in [2.24, 2.45) is 0 Å². The lowest BCUT2D eigenvalue weighted by Gasteiger charge is -2.12. The molecule has 0 unspecified atom stereocenters. The average molecular weight is 1230 g/mol. The highest BCUT2D eigenvalue weighted by molar-refractivity contribution is 6.39. The van der Waals surface area contributed by atoms with Gasteiger partial charge in [-0.1, -0.05) is 182 Å². The Morgan fingerprint density at radius 3 is 0.868 bits per heavy atom. The predicted octanol–water partition coefficient (Wildman–Crippen LogP) is 9.19. The maximum absolute atomic E-state index is 13.0. The Hall–Kier alpha value is -11.9. The number of aromatic nitrogens is 3. The largest absolute Gasteiger partial charge is 0.507 e. The van der Waals surface area contributed by atoms with Crippen molar-refractivity contribution in [3.63, 3.8) is 0 Å². The zero-order valence-electron chi connectivity index (χ0n) is 50.2. The number of aliphatic hydroxyl groups is 2. The summed E-state index contributed by atoms with van der Waals surface area (Å²) in [6, 6.07) is 62.6. The van der Waals surface area contributed by atoms with Crippen molar-refractivity contribution in [3.8, 4) is 0 Å². The van der Waals surface area contributed by atoms with E-state index in [1.807, 2.05) is 188 Å². The first-order chi connectivity index (χ1) is 43.8. The molecule has 6 aromatic carbocycles. The first kappa shape index (κ1) is 68.3. The summed E-state index contributed by atoms with van der Waals surface area (Å²) in [6.07, 6.45) is 8.29. The smallest absolute Gasteiger partial charge is 0.417 e. The molecule has 0 fully saturated rings. The van der Waals surface area contributed by atoms with E-state index in [-0.39, 0.29) is 34.6 Å². The predicted molar refractivity (Wildman–Crippen MR) is 341 cm³/mol. The lowest BCUT2D eigenvalue weighted by molar-refractivity contribution is -0.164. The summed E-state index contributed by atoms with van der Waals surface area (Å²) < 4.78 is 16.9. The highest BCUT2D eigenvalue weighted by atomic mass is 16.6. The molecule has 0 saturated heterocycles. The summed E-state index contributed by atoms with van der Waals surface area (Å²) in [5, 5.41) is 29.4. The average Bonchev–Trinajstić information content (AvgIpc) is 1.11. The number of Topliss-reactive ketones (excluding diaryl/α,β-unsaturated/α-hetero) is 1. The molecule has 91 heavy (non-hydrogen) atoms. The second-order valence-electron chi connectivity index (χ2n) is 20.2. The third kappa shape index (κ3) is 21.2. The van der Waals surface area contributed by atoms with E-state index >= 15 is 0 Å². The lowest BCUT2D eigenvalue weighted by atomic mass is 10.0. The standard InChI is InChI=1S/C24H21NO5.C23H19NO5.C21H19NO2.C4H6O4/c1-30-24(29)22(27)14-21(26)20-13-19(12-17-8-4-2-5-9-17)16-25(23(20)28)15-18-10-6-3-7-11-18;25-20(13-21(26)23(28)29)19-12-18(11-16-7-3-1-4-8-16)15-24(22(19)27)14-17-9-5-2-6-10-17;1-16(23)20-13-19(12-17-8-4-2-5-9-17)15-22(21(20)24)14-18-10-6-3-7-11-18;1-7-3(5)4(6)8-2/h2-11,13-14,16,26H,12,15H2,1H3;1-10,12-13,15,25H,11,14H2,(H,28,29);2-11,13,15H,12,14H2,1H3;1-2H3. The molecule has 0 spiro atoms. The molecular weight excluding hydrogens is 1160 g/mol. The Balaban J connectivity index is 0.000000205. The van der Waals surface area contributed by atoms with E-state index in [0.717, 1.165) is 71.4 Å². The fourth-order valence-corrected chi connectivity index (χ4v) is 8.98. The van der Waals surface area contributed by atoms with Crippen LogP contribution in [-0.4, -0.2) is 91.6 Å². The van der Waals surface area contributed by atoms with Gasteiger partial charge in [-0.15, -0.1) is 0 Å². The number of ketones is 3. The van der Waals surface area contributed by atoms with Gasteiger partial charge in [-0.25, -0.2) is 19.2 Å². The van der Waals surface area contributed by atoms with E-state index in [9.17, 15) is 58.2 Å². The highest BCUT2D eigenvalue weighted by Gasteiger charge is 2.19. The van der Waals surface area contributed by atoms with Crippen LogP contribution in [0.1, 0.15) is 78.5 Å². The van der Waals surface area contributed by atoms with Gasteiger partial charge in [0.05, 0.1) is 57.7 Å². The molecule has 19 nitrogen and oxygen atoms in total. The molecule has 0 aliphatic carbocycles. The van der Waals surface area contributed by atoms with Crippen molar-refractivity contribution < 1.29 is 63.1 Å². The van der Waals surface area contributed by atoms with E-state index in [0.29, 0.717) is 44.5 Å². The van der Waals surface area contributed by atoms with Crippen molar-refractivity contribution in [1.82, 2.24) is 13.7 Å². The minimum Gasteiger partial charge on any atom is -0.507 e. The van der Waals surface area contributed by atoms with Crippen molar-refractivity contribution in [2.75, 3.05) is 21.3 Å². The fourth-order valence-electron chi connectivity index (χ4n) is 8.98. The number of ether oxygens (including phenoxy) is 3. The molecule has 9 aromatic rings.